The van der Waals surface area contributed by atoms with E-state index in [-0.39, 0.29) is 5.91 Å². The van der Waals surface area contributed by atoms with Crippen molar-refractivity contribution in [2.45, 2.75) is 26.2 Å². The number of nitrogen functional groups attached to an aromatic ring is 1. The highest BCUT2D eigenvalue weighted by Gasteiger charge is 2.32. The molecule has 0 unspecified atom stereocenters. The Morgan fingerprint density at radius 2 is 2.07 bits per heavy atom. The quantitative estimate of drug-likeness (QED) is 0.671. The Hall–Kier alpha value is -3.07. The second kappa shape index (κ2) is 7.67. The van der Waals surface area contributed by atoms with Gasteiger partial charge in [-0.2, -0.15) is 0 Å². The normalized spacial score (nSPS) is 11.2. The number of aromatic nitrogens is 4. The van der Waals surface area contributed by atoms with Gasteiger partial charge in [-0.3, -0.25) is 9.78 Å². The van der Waals surface area contributed by atoms with Crippen LogP contribution in [0, 0.1) is 0 Å². The van der Waals surface area contributed by atoms with Gasteiger partial charge in [-0.15, -0.1) is 11.3 Å². The number of nitrogens with zero attached hydrogens (tertiary/aromatic N) is 4. The third-order valence-electron chi connectivity index (χ3n) is 3.94. The molecule has 0 saturated heterocycles. The molecule has 8 nitrogen and oxygen atoms in total. The summed E-state index contributed by atoms with van der Waals surface area (Å²) in [6.07, 6.45) is 4.82. The van der Waals surface area contributed by atoms with E-state index in [0.29, 0.717) is 34.8 Å². The molecule has 0 radical (unpaired) electrons. The Bertz CT molecular complexity index is 939. The summed E-state index contributed by atoms with van der Waals surface area (Å²) in [4.78, 5) is 29.7. The first-order valence-corrected chi connectivity index (χ1v) is 9.22. The van der Waals surface area contributed by atoms with Gasteiger partial charge in [0.05, 0.1) is 35.8 Å². The molecule has 1 amide bonds. The molecule has 0 aliphatic rings. The first-order valence-electron chi connectivity index (χ1n) is 8.34. The molecule has 0 fully saturated rings. The van der Waals surface area contributed by atoms with E-state index in [1.54, 1.807) is 43.9 Å². The maximum absolute atomic E-state index is 12.6. The number of hydrogen-bond acceptors (Lipinski definition) is 8. The average Bonchev–Trinajstić information content (AvgIpc) is 3.10. The summed E-state index contributed by atoms with van der Waals surface area (Å²) in [7, 11) is 0. The topological polar surface area (TPSA) is 116 Å². The lowest BCUT2D eigenvalue weighted by Crippen LogP contribution is -2.35. The first kappa shape index (κ1) is 18.7. The summed E-state index contributed by atoms with van der Waals surface area (Å²) in [5, 5.41) is 5.03. The number of amides is 1. The molecule has 3 heterocycles. The van der Waals surface area contributed by atoms with Crippen LogP contribution in [0.5, 0.6) is 5.88 Å². The van der Waals surface area contributed by atoms with Gasteiger partial charge >= 0.3 is 0 Å². The van der Waals surface area contributed by atoms with Crippen molar-refractivity contribution in [3.8, 4) is 17.1 Å². The number of carbonyl (C=O) groups is 1. The number of carbonyl (C=O) groups excluding carboxylic acids is 1. The van der Waals surface area contributed by atoms with Crippen LogP contribution in [0.4, 0.5) is 10.9 Å². The van der Waals surface area contributed by atoms with Gasteiger partial charge in [0.2, 0.25) is 11.8 Å². The van der Waals surface area contributed by atoms with Crippen LogP contribution in [0.2, 0.25) is 0 Å². The summed E-state index contributed by atoms with van der Waals surface area (Å²) in [6.45, 7) is 5.98. The molecule has 3 N–H and O–H groups in total. The summed E-state index contributed by atoms with van der Waals surface area (Å²) in [5.41, 5.74) is 6.89. The monoisotopic (exact) mass is 384 g/mol. The third-order valence-corrected chi connectivity index (χ3v) is 4.61. The van der Waals surface area contributed by atoms with Crippen molar-refractivity contribution >= 4 is 28.2 Å². The Balaban J connectivity index is 1.74. The largest absolute Gasteiger partial charge is 0.477 e. The van der Waals surface area contributed by atoms with E-state index in [0.717, 1.165) is 5.56 Å². The molecule has 3 aromatic rings. The molecule has 0 aliphatic carbocycles. The van der Waals surface area contributed by atoms with Gasteiger partial charge in [0.1, 0.15) is 5.82 Å². The molecule has 9 heteroatoms. The van der Waals surface area contributed by atoms with Crippen LogP contribution in [-0.4, -0.2) is 32.4 Å². The zero-order chi connectivity index (χ0) is 19.4. The minimum absolute atomic E-state index is 0.216. The minimum Gasteiger partial charge on any atom is -0.477 e. The van der Waals surface area contributed by atoms with Gasteiger partial charge in [-0.1, -0.05) is 0 Å². The van der Waals surface area contributed by atoms with E-state index in [4.69, 9.17) is 10.5 Å². The summed E-state index contributed by atoms with van der Waals surface area (Å²) in [6, 6.07) is 3.53. The van der Waals surface area contributed by atoms with Crippen molar-refractivity contribution in [3.05, 3.63) is 41.8 Å². The average molecular weight is 384 g/mol. The fourth-order valence-corrected chi connectivity index (χ4v) is 3.02. The predicted octanol–water partition coefficient (Wildman–Crippen LogP) is 2.89. The van der Waals surface area contributed by atoms with E-state index < -0.39 is 5.41 Å². The van der Waals surface area contributed by atoms with Crippen LogP contribution >= 0.6 is 11.3 Å². The second-order valence-electron chi connectivity index (χ2n) is 6.26. The van der Waals surface area contributed by atoms with Crippen LogP contribution in [0.15, 0.2) is 36.1 Å². The summed E-state index contributed by atoms with van der Waals surface area (Å²) < 4.78 is 5.36. The number of pyridine rings is 1. The number of rotatable bonds is 6. The maximum Gasteiger partial charge on any atom is 0.237 e. The standard InChI is InChI=1S/C18H20N6O2S/c1-4-26-15-9-20-8-12(22-15)11-5-6-14(21-7-11)24-16(25)18(2,3)13-10-27-17(19)23-13/h5-10H,4H2,1-3H3,(H2,19,23)(H,21,24,25). The predicted molar refractivity (Wildman–Crippen MR) is 105 cm³/mol. The van der Waals surface area contributed by atoms with Crippen LogP contribution in [0.25, 0.3) is 11.3 Å². The lowest BCUT2D eigenvalue weighted by Gasteiger charge is -2.21. The highest BCUT2D eigenvalue weighted by atomic mass is 32.1. The molecular formula is C18H20N6O2S. The molecular weight excluding hydrogens is 364 g/mol. The lowest BCUT2D eigenvalue weighted by atomic mass is 9.89. The van der Waals surface area contributed by atoms with Gasteiger partial charge < -0.3 is 15.8 Å². The number of hydrogen-bond donors (Lipinski definition) is 2. The molecule has 0 saturated carbocycles. The molecule has 27 heavy (non-hydrogen) atoms. The molecule has 3 rings (SSSR count). The van der Waals surface area contributed by atoms with Crippen LogP contribution < -0.4 is 15.8 Å². The fourth-order valence-electron chi connectivity index (χ4n) is 2.29. The van der Waals surface area contributed by atoms with E-state index in [1.807, 2.05) is 13.0 Å². The van der Waals surface area contributed by atoms with Gasteiger partial charge in [0, 0.05) is 17.1 Å². The molecule has 0 spiro atoms. The number of ether oxygens (including phenoxy) is 1. The number of thiazole rings is 1. The molecule has 0 atom stereocenters. The Morgan fingerprint density at radius 1 is 1.26 bits per heavy atom. The zero-order valence-corrected chi connectivity index (χ0v) is 16.1. The highest BCUT2D eigenvalue weighted by Crippen LogP contribution is 2.27. The number of nitrogens with one attached hydrogen (secondary N) is 1. The van der Waals surface area contributed by atoms with Crippen molar-refractivity contribution < 1.29 is 9.53 Å². The van der Waals surface area contributed by atoms with Gasteiger partial charge in [-0.05, 0) is 32.9 Å². The SMILES string of the molecule is CCOc1cncc(-c2ccc(NC(=O)C(C)(C)c3csc(N)n3)nc2)n1. The van der Waals surface area contributed by atoms with Crippen LogP contribution in [0.3, 0.4) is 0 Å². The number of anilines is 2. The van der Waals surface area contributed by atoms with Gasteiger partial charge in [-0.25, -0.2) is 15.0 Å². The van der Waals surface area contributed by atoms with Crippen LogP contribution in [-0.2, 0) is 10.2 Å². The first-order chi connectivity index (χ1) is 12.9. The van der Waals surface area contributed by atoms with Gasteiger partial charge in [0.25, 0.3) is 0 Å². The third kappa shape index (κ3) is 4.20. The van der Waals surface area contributed by atoms with Crippen molar-refractivity contribution in [1.82, 2.24) is 19.9 Å². The summed E-state index contributed by atoms with van der Waals surface area (Å²) >= 11 is 1.31. The van der Waals surface area contributed by atoms with E-state index >= 15 is 0 Å². The Labute approximate surface area is 160 Å². The fraction of sp³-hybridized carbons (Fsp3) is 0.278. The zero-order valence-electron chi connectivity index (χ0n) is 15.3. The van der Waals surface area contributed by atoms with Crippen molar-refractivity contribution in [3.63, 3.8) is 0 Å². The highest BCUT2D eigenvalue weighted by molar-refractivity contribution is 7.13. The van der Waals surface area contributed by atoms with E-state index in [2.05, 4.69) is 25.3 Å². The van der Waals surface area contributed by atoms with Crippen LogP contribution in [0.1, 0.15) is 26.5 Å². The minimum atomic E-state index is -0.828. The van der Waals surface area contributed by atoms with Crippen molar-refractivity contribution in [2.75, 3.05) is 17.7 Å². The lowest BCUT2D eigenvalue weighted by molar-refractivity contribution is -0.120. The summed E-state index contributed by atoms with van der Waals surface area (Å²) in [5.74, 6) is 0.678. The maximum atomic E-state index is 12.6. The Morgan fingerprint density at radius 3 is 2.70 bits per heavy atom. The smallest absolute Gasteiger partial charge is 0.237 e. The number of nitrogens with two attached hydrogens (primary N) is 1. The molecule has 3 aromatic heterocycles. The molecule has 0 aromatic carbocycles. The van der Waals surface area contributed by atoms with Gasteiger partial charge in [0.15, 0.2) is 5.13 Å². The second-order valence-corrected chi connectivity index (χ2v) is 7.15. The molecule has 0 aliphatic heterocycles. The van der Waals surface area contributed by atoms with Crippen molar-refractivity contribution in [2.24, 2.45) is 0 Å². The molecule has 140 valence electrons. The van der Waals surface area contributed by atoms with Crippen molar-refractivity contribution in [1.29, 1.82) is 0 Å². The Kier molecular flexibility index (Phi) is 5.31. The van der Waals surface area contributed by atoms with E-state index in [9.17, 15) is 4.79 Å². The molecule has 0 bridgehead atoms. The van der Waals surface area contributed by atoms with E-state index in [1.165, 1.54) is 11.3 Å².